The van der Waals surface area contributed by atoms with Gasteiger partial charge >= 0.3 is 6.09 Å². The molecule has 5 nitrogen and oxygen atoms in total. The van der Waals surface area contributed by atoms with Gasteiger partial charge in [-0.05, 0) is 65.2 Å². The average molecular weight is 298 g/mol. The SMILES string of the molecule is C[C@@H](O)CNC1CCC2(CC1)CC2NC(=O)OC(C)(C)C. The number of amides is 1. The van der Waals surface area contributed by atoms with Gasteiger partial charge in [-0.1, -0.05) is 0 Å². The highest BCUT2D eigenvalue weighted by Gasteiger charge is 2.55. The van der Waals surface area contributed by atoms with Crippen LogP contribution in [0.15, 0.2) is 0 Å². The first kappa shape index (κ1) is 16.6. The van der Waals surface area contributed by atoms with E-state index in [2.05, 4.69) is 10.6 Å². The van der Waals surface area contributed by atoms with Gasteiger partial charge < -0.3 is 20.5 Å². The van der Waals surface area contributed by atoms with E-state index in [0.717, 1.165) is 32.1 Å². The van der Waals surface area contributed by atoms with Crippen molar-refractivity contribution < 1.29 is 14.6 Å². The standard InChI is InChI=1S/C16H30N2O3/c1-11(19)10-17-12-5-7-16(8-6-12)9-13(16)18-14(20)21-15(2,3)4/h11-13,17,19H,5-10H2,1-4H3,(H,18,20)/t11-,12?,13?,16?/m1/s1. The highest BCUT2D eigenvalue weighted by Crippen LogP contribution is 2.56. The van der Waals surface area contributed by atoms with E-state index >= 15 is 0 Å². The first-order valence-electron chi connectivity index (χ1n) is 8.11. The molecule has 21 heavy (non-hydrogen) atoms. The zero-order chi connectivity index (χ0) is 15.7. The number of hydrogen-bond donors (Lipinski definition) is 3. The Balaban J connectivity index is 1.70. The number of alkyl carbamates (subject to hydrolysis) is 1. The molecule has 2 rings (SSSR count). The van der Waals surface area contributed by atoms with Crippen molar-refractivity contribution in [3.05, 3.63) is 0 Å². The van der Waals surface area contributed by atoms with E-state index < -0.39 is 5.60 Å². The summed E-state index contributed by atoms with van der Waals surface area (Å²) in [6.07, 6.45) is 5.03. The van der Waals surface area contributed by atoms with Gasteiger partial charge in [0.1, 0.15) is 5.60 Å². The molecule has 2 aliphatic rings. The van der Waals surface area contributed by atoms with E-state index in [1.807, 2.05) is 20.8 Å². The van der Waals surface area contributed by atoms with Crippen LogP contribution in [0.5, 0.6) is 0 Å². The van der Waals surface area contributed by atoms with Crippen molar-refractivity contribution in [3.8, 4) is 0 Å². The Kier molecular flexibility index (Phi) is 4.83. The highest BCUT2D eigenvalue weighted by atomic mass is 16.6. The molecule has 0 bridgehead atoms. The largest absolute Gasteiger partial charge is 0.444 e. The summed E-state index contributed by atoms with van der Waals surface area (Å²) in [6, 6.07) is 0.790. The third-order valence-corrected chi connectivity index (χ3v) is 4.56. The van der Waals surface area contributed by atoms with Crippen LogP contribution in [0.2, 0.25) is 0 Å². The molecule has 0 radical (unpaired) electrons. The number of aliphatic hydroxyl groups is 1. The van der Waals surface area contributed by atoms with Crippen molar-refractivity contribution >= 4 is 6.09 Å². The van der Waals surface area contributed by atoms with Crippen LogP contribution in [0, 0.1) is 5.41 Å². The summed E-state index contributed by atoms with van der Waals surface area (Å²) in [7, 11) is 0. The number of hydrogen-bond acceptors (Lipinski definition) is 4. The van der Waals surface area contributed by atoms with Gasteiger partial charge in [0.2, 0.25) is 0 Å². The number of carbonyl (C=O) groups is 1. The fraction of sp³-hybridized carbons (Fsp3) is 0.938. The van der Waals surface area contributed by atoms with E-state index in [9.17, 15) is 9.90 Å². The molecule has 0 aromatic rings. The van der Waals surface area contributed by atoms with E-state index in [0.29, 0.717) is 18.0 Å². The summed E-state index contributed by atoms with van der Waals surface area (Å²) in [6.45, 7) is 8.12. The minimum Gasteiger partial charge on any atom is -0.444 e. The molecule has 1 amide bonds. The summed E-state index contributed by atoms with van der Waals surface area (Å²) < 4.78 is 5.32. The minimum atomic E-state index is -0.436. The van der Waals surface area contributed by atoms with Gasteiger partial charge in [0.25, 0.3) is 0 Å². The summed E-state index contributed by atoms with van der Waals surface area (Å²) >= 11 is 0. The first-order chi connectivity index (χ1) is 9.70. The van der Waals surface area contributed by atoms with Crippen LogP contribution < -0.4 is 10.6 Å². The summed E-state index contributed by atoms with van der Waals surface area (Å²) in [4.78, 5) is 11.8. The smallest absolute Gasteiger partial charge is 0.407 e. The maximum Gasteiger partial charge on any atom is 0.407 e. The Labute approximate surface area is 127 Å². The Morgan fingerprint density at radius 2 is 2.00 bits per heavy atom. The molecule has 1 spiro atoms. The lowest BCUT2D eigenvalue weighted by Gasteiger charge is -2.30. The van der Waals surface area contributed by atoms with E-state index in [1.54, 1.807) is 6.92 Å². The molecule has 0 aromatic carbocycles. The number of aliphatic hydroxyl groups excluding tert-OH is 1. The Morgan fingerprint density at radius 3 is 2.52 bits per heavy atom. The fourth-order valence-corrected chi connectivity index (χ4v) is 3.29. The lowest BCUT2D eigenvalue weighted by molar-refractivity contribution is 0.0511. The van der Waals surface area contributed by atoms with Crippen LogP contribution in [0.4, 0.5) is 4.79 Å². The molecule has 2 saturated carbocycles. The molecular formula is C16H30N2O3. The normalized spacial score (nSPS) is 33.6. The van der Waals surface area contributed by atoms with Gasteiger partial charge in [0, 0.05) is 18.6 Å². The second-order valence-corrected chi connectivity index (χ2v) is 7.80. The van der Waals surface area contributed by atoms with Crippen LogP contribution >= 0.6 is 0 Å². The molecule has 1 unspecified atom stereocenters. The molecule has 0 aromatic heterocycles. The minimum absolute atomic E-state index is 0.282. The fourth-order valence-electron chi connectivity index (χ4n) is 3.29. The molecule has 2 aliphatic carbocycles. The van der Waals surface area contributed by atoms with Crippen molar-refractivity contribution in [2.75, 3.05) is 6.54 Å². The predicted molar refractivity (Wildman–Crippen MR) is 82.1 cm³/mol. The molecule has 0 aliphatic heterocycles. The molecule has 0 heterocycles. The van der Waals surface area contributed by atoms with Gasteiger partial charge in [-0.2, -0.15) is 0 Å². The Hall–Kier alpha value is -0.810. The zero-order valence-corrected chi connectivity index (χ0v) is 13.7. The quantitative estimate of drug-likeness (QED) is 0.744. The van der Waals surface area contributed by atoms with E-state index in [-0.39, 0.29) is 18.2 Å². The van der Waals surface area contributed by atoms with Crippen molar-refractivity contribution in [2.45, 2.75) is 83.6 Å². The number of rotatable bonds is 4. The molecule has 0 saturated heterocycles. The number of nitrogens with one attached hydrogen (secondary N) is 2. The third kappa shape index (κ3) is 4.85. The monoisotopic (exact) mass is 298 g/mol. The van der Waals surface area contributed by atoms with Crippen LogP contribution in [0.1, 0.15) is 59.8 Å². The van der Waals surface area contributed by atoms with Crippen molar-refractivity contribution in [1.29, 1.82) is 0 Å². The average Bonchev–Trinajstić information content (AvgIpc) is 2.98. The lowest BCUT2D eigenvalue weighted by Crippen LogP contribution is -2.40. The van der Waals surface area contributed by atoms with E-state index in [4.69, 9.17) is 4.74 Å². The highest BCUT2D eigenvalue weighted by molar-refractivity contribution is 5.68. The topological polar surface area (TPSA) is 70.6 Å². The summed E-state index contributed by atoms with van der Waals surface area (Å²) in [5.41, 5.74) is -0.130. The van der Waals surface area contributed by atoms with Crippen molar-refractivity contribution in [3.63, 3.8) is 0 Å². The maximum absolute atomic E-state index is 11.8. The van der Waals surface area contributed by atoms with Gasteiger partial charge in [0.05, 0.1) is 6.10 Å². The van der Waals surface area contributed by atoms with Gasteiger partial charge in [-0.3, -0.25) is 0 Å². The van der Waals surface area contributed by atoms with Gasteiger partial charge in [0.15, 0.2) is 0 Å². The second kappa shape index (κ2) is 6.13. The molecule has 2 fully saturated rings. The lowest BCUT2D eigenvalue weighted by atomic mass is 9.82. The summed E-state index contributed by atoms with van der Waals surface area (Å²) in [5.74, 6) is 0. The molecule has 122 valence electrons. The predicted octanol–water partition coefficient (Wildman–Crippen LogP) is 2.18. The van der Waals surface area contributed by atoms with Crippen LogP contribution in [-0.2, 0) is 4.74 Å². The second-order valence-electron chi connectivity index (χ2n) is 7.80. The van der Waals surface area contributed by atoms with Gasteiger partial charge in [-0.15, -0.1) is 0 Å². The van der Waals surface area contributed by atoms with Crippen LogP contribution in [0.3, 0.4) is 0 Å². The third-order valence-electron chi connectivity index (χ3n) is 4.56. The zero-order valence-electron chi connectivity index (χ0n) is 13.7. The van der Waals surface area contributed by atoms with E-state index in [1.165, 1.54) is 0 Å². The molecular weight excluding hydrogens is 268 g/mol. The van der Waals surface area contributed by atoms with Crippen molar-refractivity contribution in [2.24, 2.45) is 5.41 Å². The van der Waals surface area contributed by atoms with Crippen LogP contribution in [-0.4, -0.2) is 41.5 Å². The van der Waals surface area contributed by atoms with Gasteiger partial charge in [-0.25, -0.2) is 4.79 Å². The number of carbonyl (C=O) groups excluding carboxylic acids is 1. The Morgan fingerprint density at radius 1 is 1.38 bits per heavy atom. The first-order valence-corrected chi connectivity index (χ1v) is 8.11. The molecule has 3 N–H and O–H groups in total. The van der Waals surface area contributed by atoms with Crippen LogP contribution in [0.25, 0.3) is 0 Å². The molecule has 2 atom stereocenters. The van der Waals surface area contributed by atoms with Crippen molar-refractivity contribution in [1.82, 2.24) is 10.6 Å². The number of ether oxygens (including phenoxy) is 1. The molecule has 5 heteroatoms. The summed E-state index contributed by atoms with van der Waals surface area (Å²) in [5, 5.41) is 15.7. The maximum atomic E-state index is 11.8. The Bertz CT molecular complexity index is 368.